The normalized spacial score (nSPS) is 11.0. The summed E-state index contributed by atoms with van der Waals surface area (Å²) in [6.07, 6.45) is 0. The fraction of sp³-hybridized carbons (Fsp3) is 0.333. The Morgan fingerprint density at radius 2 is 2.15 bits per heavy atom. The SMILES string of the molecule is CCOC(=O)c1c(C#N)cc(CCl)cc1SC(F)(F)F. The lowest BCUT2D eigenvalue weighted by molar-refractivity contribution is -0.0328. The van der Waals surface area contributed by atoms with Gasteiger partial charge in [0.05, 0.1) is 17.7 Å². The van der Waals surface area contributed by atoms with Crippen molar-refractivity contribution >= 4 is 29.3 Å². The number of benzene rings is 1. The van der Waals surface area contributed by atoms with E-state index in [0.29, 0.717) is 5.56 Å². The zero-order valence-corrected chi connectivity index (χ0v) is 11.8. The second-order valence-electron chi connectivity index (χ2n) is 3.53. The van der Waals surface area contributed by atoms with Crippen LogP contribution < -0.4 is 0 Å². The van der Waals surface area contributed by atoms with Gasteiger partial charge in [-0.2, -0.15) is 18.4 Å². The third kappa shape index (κ3) is 4.32. The summed E-state index contributed by atoms with van der Waals surface area (Å²) in [6.45, 7) is 1.52. The van der Waals surface area contributed by atoms with Gasteiger partial charge in [0.25, 0.3) is 0 Å². The second kappa shape index (κ2) is 6.86. The first-order chi connectivity index (χ1) is 9.32. The topological polar surface area (TPSA) is 50.1 Å². The molecule has 0 bridgehead atoms. The molecule has 8 heteroatoms. The molecule has 1 aromatic rings. The molecule has 0 unspecified atom stereocenters. The highest BCUT2D eigenvalue weighted by molar-refractivity contribution is 8.00. The number of nitriles is 1. The van der Waals surface area contributed by atoms with Crippen LogP contribution in [0.25, 0.3) is 0 Å². The molecule has 0 heterocycles. The highest BCUT2D eigenvalue weighted by Gasteiger charge is 2.33. The maximum atomic E-state index is 12.5. The molecule has 0 aliphatic rings. The van der Waals surface area contributed by atoms with Crippen molar-refractivity contribution in [3.63, 3.8) is 0 Å². The first kappa shape index (κ1) is 16.7. The van der Waals surface area contributed by atoms with Crippen molar-refractivity contribution in [3.05, 3.63) is 28.8 Å². The predicted molar refractivity (Wildman–Crippen MR) is 68.6 cm³/mol. The van der Waals surface area contributed by atoms with Crippen molar-refractivity contribution in [1.29, 1.82) is 5.26 Å². The quantitative estimate of drug-likeness (QED) is 0.476. The van der Waals surface area contributed by atoms with Gasteiger partial charge >= 0.3 is 11.5 Å². The van der Waals surface area contributed by atoms with Gasteiger partial charge < -0.3 is 4.74 Å². The fourth-order valence-electron chi connectivity index (χ4n) is 1.46. The average molecular weight is 324 g/mol. The Bertz CT molecular complexity index is 555. The fourth-order valence-corrected chi connectivity index (χ4v) is 2.37. The van der Waals surface area contributed by atoms with E-state index in [1.807, 2.05) is 0 Å². The largest absolute Gasteiger partial charge is 0.462 e. The van der Waals surface area contributed by atoms with Gasteiger partial charge in [0, 0.05) is 10.8 Å². The van der Waals surface area contributed by atoms with Crippen LogP contribution in [0.3, 0.4) is 0 Å². The number of alkyl halides is 4. The summed E-state index contributed by atoms with van der Waals surface area (Å²) >= 11 is 5.11. The van der Waals surface area contributed by atoms with E-state index < -0.39 is 23.2 Å². The molecular formula is C12H9ClF3NO2S. The van der Waals surface area contributed by atoms with Crippen molar-refractivity contribution < 1.29 is 22.7 Å². The number of carbonyl (C=O) groups excluding carboxylic acids is 1. The maximum absolute atomic E-state index is 12.5. The summed E-state index contributed by atoms with van der Waals surface area (Å²) in [6, 6.07) is 4.11. The highest BCUT2D eigenvalue weighted by atomic mass is 35.5. The Morgan fingerprint density at radius 1 is 1.50 bits per heavy atom. The lowest BCUT2D eigenvalue weighted by atomic mass is 10.1. The summed E-state index contributed by atoms with van der Waals surface area (Å²) in [5.41, 5.74) is -4.83. The Balaban J connectivity index is 3.43. The second-order valence-corrected chi connectivity index (χ2v) is 4.90. The van der Waals surface area contributed by atoms with E-state index in [9.17, 15) is 18.0 Å². The van der Waals surface area contributed by atoms with E-state index in [1.54, 1.807) is 6.07 Å². The van der Waals surface area contributed by atoms with Gasteiger partial charge in [-0.05, 0) is 36.4 Å². The van der Waals surface area contributed by atoms with E-state index >= 15 is 0 Å². The standard InChI is InChI=1S/C12H9ClF3NO2S/c1-2-19-11(18)10-8(6-17)3-7(5-13)4-9(10)20-12(14,15)16/h3-4H,2,5H2,1H3. The number of nitrogens with zero attached hydrogens (tertiary/aromatic N) is 1. The molecular weight excluding hydrogens is 315 g/mol. The van der Waals surface area contributed by atoms with Crippen LogP contribution in [0.15, 0.2) is 17.0 Å². The van der Waals surface area contributed by atoms with Crippen LogP contribution in [0, 0.1) is 11.3 Å². The van der Waals surface area contributed by atoms with E-state index in [0.717, 1.165) is 6.07 Å². The summed E-state index contributed by atoms with van der Waals surface area (Å²) in [5.74, 6) is -1.03. The molecule has 1 rings (SSSR count). The number of hydrogen-bond donors (Lipinski definition) is 0. The van der Waals surface area contributed by atoms with Gasteiger partial charge in [-0.1, -0.05) is 0 Å². The van der Waals surface area contributed by atoms with Crippen LogP contribution in [0.4, 0.5) is 13.2 Å². The molecule has 3 nitrogen and oxygen atoms in total. The van der Waals surface area contributed by atoms with E-state index in [2.05, 4.69) is 0 Å². The van der Waals surface area contributed by atoms with Gasteiger partial charge in [0.15, 0.2) is 0 Å². The average Bonchev–Trinajstić information content (AvgIpc) is 2.35. The predicted octanol–water partition coefficient (Wildman–Crippen LogP) is 4.09. The zero-order chi connectivity index (χ0) is 15.3. The molecule has 0 aliphatic heterocycles. The van der Waals surface area contributed by atoms with Crippen molar-refractivity contribution in [3.8, 4) is 6.07 Å². The molecule has 0 saturated carbocycles. The molecule has 0 amide bonds. The monoisotopic (exact) mass is 323 g/mol. The Morgan fingerprint density at radius 3 is 2.60 bits per heavy atom. The van der Waals surface area contributed by atoms with Crippen LogP contribution in [-0.2, 0) is 10.6 Å². The molecule has 0 aromatic heterocycles. The van der Waals surface area contributed by atoms with E-state index in [1.165, 1.54) is 13.0 Å². The molecule has 0 aliphatic carbocycles. The molecule has 0 fully saturated rings. The van der Waals surface area contributed by atoms with Crippen LogP contribution in [0.5, 0.6) is 0 Å². The van der Waals surface area contributed by atoms with Crippen LogP contribution in [0.1, 0.15) is 28.4 Å². The Labute approximate surface area is 122 Å². The molecule has 0 saturated heterocycles. The smallest absolute Gasteiger partial charge is 0.446 e. The number of rotatable bonds is 4. The lowest BCUT2D eigenvalue weighted by Gasteiger charge is -2.13. The number of ether oxygens (including phenoxy) is 1. The van der Waals surface area contributed by atoms with Crippen molar-refractivity contribution in [1.82, 2.24) is 0 Å². The molecule has 20 heavy (non-hydrogen) atoms. The minimum absolute atomic E-state index is 0.00289. The van der Waals surface area contributed by atoms with Gasteiger partial charge in [0.1, 0.15) is 6.07 Å². The molecule has 0 N–H and O–H groups in total. The number of hydrogen-bond acceptors (Lipinski definition) is 4. The molecule has 1 aromatic carbocycles. The van der Waals surface area contributed by atoms with Crippen LogP contribution in [-0.4, -0.2) is 18.1 Å². The minimum atomic E-state index is -4.58. The van der Waals surface area contributed by atoms with Gasteiger partial charge in [-0.25, -0.2) is 4.79 Å². The Kier molecular flexibility index (Phi) is 5.72. The summed E-state index contributed by atoms with van der Waals surface area (Å²) in [7, 11) is 0. The van der Waals surface area contributed by atoms with Crippen molar-refractivity contribution in [2.75, 3.05) is 6.61 Å². The number of esters is 1. The molecule has 108 valence electrons. The number of carbonyl (C=O) groups is 1. The van der Waals surface area contributed by atoms with Crippen LogP contribution >= 0.6 is 23.4 Å². The lowest BCUT2D eigenvalue weighted by Crippen LogP contribution is -2.11. The number of halogens is 4. The van der Waals surface area contributed by atoms with Crippen molar-refractivity contribution in [2.24, 2.45) is 0 Å². The van der Waals surface area contributed by atoms with Gasteiger partial charge in [0.2, 0.25) is 0 Å². The molecule has 0 atom stereocenters. The first-order valence-corrected chi connectivity index (χ1v) is 6.73. The third-order valence-electron chi connectivity index (χ3n) is 2.14. The summed E-state index contributed by atoms with van der Waals surface area (Å²) in [4.78, 5) is 11.4. The summed E-state index contributed by atoms with van der Waals surface area (Å²) in [5, 5.41) is 8.99. The Hall–Kier alpha value is -1.39. The zero-order valence-electron chi connectivity index (χ0n) is 10.3. The summed E-state index contributed by atoms with van der Waals surface area (Å²) < 4.78 is 42.3. The highest BCUT2D eigenvalue weighted by Crippen LogP contribution is 2.40. The van der Waals surface area contributed by atoms with E-state index in [-0.39, 0.29) is 28.5 Å². The molecule has 0 radical (unpaired) electrons. The molecule has 0 spiro atoms. The minimum Gasteiger partial charge on any atom is -0.462 e. The van der Waals surface area contributed by atoms with E-state index in [4.69, 9.17) is 21.6 Å². The first-order valence-electron chi connectivity index (χ1n) is 5.38. The van der Waals surface area contributed by atoms with Gasteiger partial charge in [-0.15, -0.1) is 11.6 Å². The third-order valence-corrected chi connectivity index (χ3v) is 3.22. The van der Waals surface area contributed by atoms with Crippen molar-refractivity contribution in [2.45, 2.75) is 23.2 Å². The van der Waals surface area contributed by atoms with Gasteiger partial charge in [-0.3, -0.25) is 0 Å². The maximum Gasteiger partial charge on any atom is 0.446 e. The number of thioether (sulfide) groups is 1. The van der Waals surface area contributed by atoms with Crippen LogP contribution in [0.2, 0.25) is 0 Å².